The summed E-state index contributed by atoms with van der Waals surface area (Å²) in [6.07, 6.45) is 1.43. The molecule has 4 rings (SSSR count). The van der Waals surface area contributed by atoms with Crippen LogP contribution in [0.2, 0.25) is 0 Å². The molecule has 0 saturated heterocycles. The summed E-state index contributed by atoms with van der Waals surface area (Å²) in [7, 11) is 0. The van der Waals surface area contributed by atoms with Crippen LogP contribution in [0.15, 0.2) is 71.4 Å². The first-order valence-corrected chi connectivity index (χ1v) is 8.42. The molecule has 0 fully saturated rings. The molecule has 0 aliphatic carbocycles. The van der Waals surface area contributed by atoms with Crippen molar-refractivity contribution in [2.24, 2.45) is 0 Å². The number of hydrogen-bond donors (Lipinski definition) is 1. The van der Waals surface area contributed by atoms with Gasteiger partial charge in [-0.2, -0.15) is 0 Å². The molecule has 4 aromatic rings. The van der Waals surface area contributed by atoms with Gasteiger partial charge < -0.3 is 9.73 Å². The quantitative estimate of drug-likeness (QED) is 0.399. The number of nitro groups is 1. The van der Waals surface area contributed by atoms with Gasteiger partial charge in [-0.1, -0.05) is 42.5 Å². The van der Waals surface area contributed by atoms with E-state index in [9.17, 15) is 10.1 Å². The van der Waals surface area contributed by atoms with Gasteiger partial charge in [0.25, 0.3) is 5.69 Å². The number of non-ortho nitro benzene ring substituents is 1. The molecule has 0 unspecified atom stereocenters. The van der Waals surface area contributed by atoms with E-state index in [1.165, 1.54) is 18.5 Å². The summed E-state index contributed by atoms with van der Waals surface area (Å²) in [6.45, 7) is 2.05. The summed E-state index contributed by atoms with van der Waals surface area (Å²) in [5.74, 6) is 1.15. The van der Waals surface area contributed by atoms with Crippen molar-refractivity contribution in [3.05, 3.63) is 82.7 Å². The molecule has 0 saturated carbocycles. The van der Waals surface area contributed by atoms with Crippen LogP contribution < -0.4 is 5.32 Å². The summed E-state index contributed by atoms with van der Waals surface area (Å²) >= 11 is 0. The number of rotatable bonds is 5. The molecule has 27 heavy (non-hydrogen) atoms. The van der Waals surface area contributed by atoms with Crippen molar-refractivity contribution in [2.45, 2.75) is 13.0 Å². The van der Waals surface area contributed by atoms with E-state index in [1.807, 2.05) is 37.3 Å². The van der Waals surface area contributed by atoms with E-state index in [-0.39, 0.29) is 11.7 Å². The van der Waals surface area contributed by atoms with Gasteiger partial charge in [0.1, 0.15) is 17.9 Å². The first kappa shape index (κ1) is 16.7. The molecule has 0 bridgehead atoms. The summed E-state index contributed by atoms with van der Waals surface area (Å²) in [5.41, 5.74) is 2.18. The first-order valence-electron chi connectivity index (χ1n) is 8.42. The highest BCUT2D eigenvalue weighted by Crippen LogP contribution is 2.32. The van der Waals surface area contributed by atoms with Gasteiger partial charge >= 0.3 is 0 Å². The van der Waals surface area contributed by atoms with Crippen LogP contribution in [0.25, 0.3) is 22.4 Å². The minimum atomic E-state index is -0.430. The Morgan fingerprint density at radius 2 is 1.89 bits per heavy atom. The van der Waals surface area contributed by atoms with E-state index in [0.717, 1.165) is 10.9 Å². The van der Waals surface area contributed by atoms with Crippen molar-refractivity contribution in [1.29, 1.82) is 0 Å². The fourth-order valence-electron chi connectivity index (χ4n) is 2.92. The van der Waals surface area contributed by atoms with Crippen molar-refractivity contribution in [3.8, 4) is 11.3 Å². The maximum Gasteiger partial charge on any atom is 0.270 e. The lowest BCUT2D eigenvalue weighted by Crippen LogP contribution is -2.08. The van der Waals surface area contributed by atoms with E-state index < -0.39 is 4.92 Å². The SMILES string of the molecule is C[C@@H](Nc1ncnc2oc(-c3cccc([N+](=O)[O-])c3)cc12)c1ccccc1. The lowest BCUT2D eigenvalue weighted by Gasteiger charge is -2.14. The monoisotopic (exact) mass is 360 g/mol. The second-order valence-electron chi connectivity index (χ2n) is 6.14. The highest BCUT2D eigenvalue weighted by Gasteiger charge is 2.15. The van der Waals surface area contributed by atoms with Crippen molar-refractivity contribution >= 4 is 22.6 Å². The van der Waals surface area contributed by atoms with Gasteiger partial charge in [-0.25, -0.2) is 9.97 Å². The molecule has 1 N–H and O–H groups in total. The van der Waals surface area contributed by atoms with Crippen LogP contribution in [0.3, 0.4) is 0 Å². The van der Waals surface area contributed by atoms with E-state index >= 15 is 0 Å². The average Bonchev–Trinajstić information content (AvgIpc) is 3.14. The summed E-state index contributed by atoms with van der Waals surface area (Å²) in [4.78, 5) is 19.1. The minimum Gasteiger partial charge on any atom is -0.438 e. The van der Waals surface area contributed by atoms with Gasteiger partial charge in [0.15, 0.2) is 0 Å². The number of fused-ring (bicyclic) bond motifs is 1. The molecule has 7 nitrogen and oxygen atoms in total. The zero-order valence-electron chi connectivity index (χ0n) is 14.5. The Hall–Kier alpha value is -3.74. The minimum absolute atomic E-state index is 0.00934. The van der Waals surface area contributed by atoms with E-state index in [0.29, 0.717) is 22.9 Å². The second kappa shape index (κ2) is 6.87. The number of nitrogens with zero attached hydrogens (tertiary/aromatic N) is 3. The molecule has 134 valence electrons. The number of hydrogen-bond acceptors (Lipinski definition) is 6. The van der Waals surface area contributed by atoms with Gasteiger partial charge in [-0.3, -0.25) is 10.1 Å². The Balaban J connectivity index is 1.70. The third-order valence-electron chi connectivity index (χ3n) is 4.32. The highest BCUT2D eigenvalue weighted by molar-refractivity contribution is 5.89. The maximum atomic E-state index is 11.0. The summed E-state index contributed by atoms with van der Waals surface area (Å²) in [6, 6.07) is 18.2. The molecule has 2 aromatic heterocycles. The van der Waals surface area contributed by atoms with Crippen LogP contribution in [-0.2, 0) is 0 Å². The van der Waals surface area contributed by atoms with Crippen LogP contribution in [0.1, 0.15) is 18.5 Å². The Kier molecular flexibility index (Phi) is 4.25. The first-order chi connectivity index (χ1) is 13.1. The zero-order chi connectivity index (χ0) is 18.8. The average molecular weight is 360 g/mol. The van der Waals surface area contributed by atoms with Gasteiger partial charge in [0.05, 0.1) is 10.3 Å². The predicted molar refractivity (Wildman–Crippen MR) is 102 cm³/mol. The third-order valence-corrected chi connectivity index (χ3v) is 4.32. The van der Waals surface area contributed by atoms with Crippen LogP contribution in [0, 0.1) is 10.1 Å². The van der Waals surface area contributed by atoms with Gasteiger partial charge in [-0.05, 0) is 18.6 Å². The van der Waals surface area contributed by atoms with Crippen molar-refractivity contribution < 1.29 is 9.34 Å². The Labute approximate surface area is 154 Å². The van der Waals surface area contributed by atoms with E-state index in [2.05, 4.69) is 15.3 Å². The summed E-state index contributed by atoms with van der Waals surface area (Å²) < 4.78 is 5.80. The lowest BCUT2D eigenvalue weighted by atomic mass is 10.1. The second-order valence-corrected chi connectivity index (χ2v) is 6.14. The number of nitro benzene ring substituents is 1. The Morgan fingerprint density at radius 1 is 1.07 bits per heavy atom. The normalized spacial score (nSPS) is 12.0. The molecule has 1 atom stereocenters. The number of benzene rings is 2. The van der Waals surface area contributed by atoms with Crippen molar-refractivity contribution in [3.63, 3.8) is 0 Å². The highest BCUT2D eigenvalue weighted by atomic mass is 16.6. The van der Waals surface area contributed by atoms with Crippen LogP contribution in [-0.4, -0.2) is 14.9 Å². The molecule has 2 aromatic carbocycles. The van der Waals surface area contributed by atoms with Gasteiger partial charge in [0, 0.05) is 23.7 Å². The topological polar surface area (TPSA) is 94.1 Å². The van der Waals surface area contributed by atoms with Gasteiger partial charge in [0.2, 0.25) is 5.71 Å². The third kappa shape index (κ3) is 3.35. The van der Waals surface area contributed by atoms with Crippen LogP contribution in [0.4, 0.5) is 11.5 Å². The smallest absolute Gasteiger partial charge is 0.270 e. The van der Waals surface area contributed by atoms with Gasteiger partial charge in [-0.15, -0.1) is 0 Å². The lowest BCUT2D eigenvalue weighted by molar-refractivity contribution is -0.384. The number of furan rings is 1. The van der Waals surface area contributed by atoms with Crippen molar-refractivity contribution in [1.82, 2.24) is 9.97 Å². The molecule has 0 amide bonds. The standard InChI is InChI=1S/C20H16N4O3/c1-13(14-6-3-2-4-7-14)23-19-17-11-18(27-20(17)22-12-21-19)15-8-5-9-16(10-15)24(25)26/h2-13H,1H3,(H,21,22,23)/t13-/m1/s1. The molecular formula is C20H16N4O3. The fourth-order valence-corrected chi connectivity index (χ4v) is 2.92. The predicted octanol–water partition coefficient (Wildman–Crippen LogP) is 4.97. The summed E-state index contributed by atoms with van der Waals surface area (Å²) in [5, 5.41) is 15.1. The Bertz CT molecular complexity index is 1110. The van der Waals surface area contributed by atoms with Crippen LogP contribution >= 0.6 is 0 Å². The van der Waals surface area contributed by atoms with E-state index in [4.69, 9.17) is 4.42 Å². The largest absolute Gasteiger partial charge is 0.438 e. The molecular weight excluding hydrogens is 344 g/mol. The van der Waals surface area contributed by atoms with Crippen LogP contribution in [0.5, 0.6) is 0 Å². The maximum absolute atomic E-state index is 11.0. The molecule has 7 heteroatoms. The zero-order valence-corrected chi connectivity index (χ0v) is 14.5. The number of aromatic nitrogens is 2. The molecule has 0 radical (unpaired) electrons. The molecule has 2 heterocycles. The van der Waals surface area contributed by atoms with E-state index in [1.54, 1.807) is 18.2 Å². The fraction of sp³-hybridized carbons (Fsp3) is 0.100. The molecule has 0 aliphatic heterocycles. The molecule has 0 spiro atoms. The number of nitrogens with one attached hydrogen (secondary N) is 1. The Morgan fingerprint density at radius 3 is 2.67 bits per heavy atom. The molecule has 0 aliphatic rings. The van der Waals surface area contributed by atoms with Crippen molar-refractivity contribution in [2.75, 3.05) is 5.32 Å². The number of anilines is 1.